The summed E-state index contributed by atoms with van der Waals surface area (Å²) in [6.45, 7) is 1.74. The van der Waals surface area contributed by atoms with Crippen LogP contribution in [-0.4, -0.2) is 22.6 Å². The van der Waals surface area contributed by atoms with Gasteiger partial charge in [-0.25, -0.2) is 4.39 Å². The molecular weight excluding hydrogens is 347 g/mol. The molecule has 0 fully saturated rings. The Morgan fingerprint density at radius 2 is 1.61 bits per heavy atom. The topological polar surface area (TPSA) is 61.8 Å². The highest BCUT2D eigenvalue weighted by molar-refractivity contribution is 7.87. The lowest BCUT2D eigenvalue weighted by Crippen LogP contribution is -2.12. The van der Waals surface area contributed by atoms with Gasteiger partial charge in [-0.2, -0.15) is 8.42 Å². The molecule has 0 bridgehead atoms. The van der Waals surface area contributed by atoms with Crippen molar-refractivity contribution in [2.75, 3.05) is 14.2 Å². The van der Waals surface area contributed by atoms with Gasteiger partial charge in [0.05, 0.1) is 19.2 Å². The average molecular weight is 361 g/mol. The Bertz CT molecular complexity index is 836. The highest BCUT2D eigenvalue weighted by atomic mass is 35.5. The minimum absolute atomic E-state index is 0.0615. The molecule has 0 saturated carbocycles. The largest absolute Gasteiger partial charge is 0.493 e. The highest BCUT2D eigenvalue weighted by Gasteiger charge is 2.25. The van der Waals surface area contributed by atoms with Crippen LogP contribution in [-0.2, 0) is 10.1 Å². The number of halogens is 2. The van der Waals surface area contributed by atoms with Gasteiger partial charge in [-0.15, -0.1) is 0 Å². The predicted molar refractivity (Wildman–Crippen MR) is 83.5 cm³/mol. The van der Waals surface area contributed by atoms with Gasteiger partial charge >= 0.3 is 10.1 Å². The zero-order valence-electron chi connectivity index (χ0n) is 12.6. The summed E-state index contributed by atoms with van der Waals surface area (Å²) in [5.74, 6) is -0.976. The van der Waals surface area contributed by atoms with Gasteiger partial charge in [0.15, 0.2) is 17.2 Å². The molecule has 5 nitrogen and oxygen atoms in total. The molecular formula is C15H14ClFO5S. The van der Waals surface area contributed by atoms with E-state index in [1.165, 1.54) is 26.4 Å². The van der Waals surface area contributed by atoms with E-state index in [9.17, 15) is 12.8 Å². The number of hydrogen-bond acceptors (Lipinski definition) is 5. The molecule has 0 aliphatic carbocycles. The maximum atomic E-state index is 14.1. The molecule has 23 heavy (non-hydrogen) atoms. The van der Waals surface area contributed by atoms with Crippen LogP contribution < -0.4 is 13.7 Å². The van der Waals surface area contributed by atoms with Crippen molar-refractivity contribution >= 4 is 21.7 Å². The molecule has 0 amide bonds. The maximum Gasteiger partial charge on any atom is 0.342 e. The normalized spacial score (nSPS) is 11.2. The van der Waals surface area contributed by atoms with E-state index in [-0.39, 0.29) is 22.3 Å². The highest BCUT2D eigenvalue weighted by Crippen LogP contribution is 2.34. The van der Waals surface area contributed by atoms with Crippen LogP contribution >= 0.6 is 11.6 Å². The summed E-state index contributed by atoms with van der Waals surface area (Å²) in [6, 6.07) is 6.53. The first-order valence-electron chi connectivity index (χ1n) is 6.40. The molecule has 0 N–H and O–H groups in total. The standard InChI is InChI=1S/C15H14ClFO5S/c1-9-4-5-10(16)12(6-9)22-23(18,19)15-8-14(21-3)13(20-2)7-11(15)17/h4-8H,1-3H3. The molecule has 0 aliphatic heterocycles. The van der Waals surface area contributed by atoms with E-state index in [0.29, 0.717) is 0 Å². The first-order chi connectivity index (χ1) is 10.8. The van der Waals surface area contributed by atoms with Gasteiger partial charge in [-0.3, -0.25) is 0 Å². The predicted octanol–water partition coefficient (Wildman–Crippen LogP) is 3.57. The Morgan fingerprint density at radius 3 is 2.22 bits per heavy atom. The van der Waals surface area contributed by atoms with E-state index in [1.54, 1.807) is 13.0 Å². The van der Waals surface area contributed by atoms with Crippen molar-refractivity contribution < 1.29 is 26.5 Å². The zero-order chi connectivity index (χ0) is 17.2. The van der Waals surface area contributed by atoms with Gasteiger partial charge in [0.2, 0.25) is 0 Å². The third-order valence-electron chi connectivity index (χ3n) is 2.99. The van der Waals surface area contributed by atoms with Crippen LogP contribution in [0.4, 0.5) is 4.39 Å². The summed E-state index contributed by atoms with van der Waals surface area (Å²) in [6.07, 6.45) is 0. The Morgan fingerprint density at radius 1 is 1.00 bits per heavy atom. The summed E-state index contributed by atoms with van der Waals surface area (Å²) < 4.78 is 53.6. The molecule has 0 unspecified atom stereocenters. The average Bonchev–Trinajstić information content (AvgIpc) is 2.50. The van der Waals surface area contributed by atoms with E-state index >= 15 is 0 Å². The summed E-state index contributed by atoms with van der Waals surface area (Å²) in [5.41, 5.74) is 0.743. The van der Waals surface area contributed by atoms with Crippen molar-refractivity contribution in [1.82, 2.24) is 0 Å². The number of rotatable bonds is 5. The number of aryl methyl sites for hydroxylation is 1. The van der Waals surface area contributed by atoms with Crippen molar-refractivity contribution in [3.8, 4) is 17.2 Å². The van der Waals surface area contributed by atoms with Crippen molar-refractivity contribution in [3.05, 3.63) is 46.7 Å². The van der Waals surface area contributed by atoms with E-state index in [0.717, 1.165) is 17.7 Å². The lowest BCUT2D eigenvalue weighted by molar-refractivity contribution is 0.349. The second-order valence-electron chi connectivity index (χ2n) is 4.61. The van der Waals surface area contributed by atoms with Crippen molar-refractivity contribution in [3.63, 3.8) is 0 Å². The van der Waals surface area contributed by atoms with Crippen molar-refractivity contribution in [2.24, 2.45) is 0 Å². The zero-order valence-corrected chi connectivity index (χ0v) is 14.2. The van der Waals surface area contributed by atoms with Gasteiger partial charge in [0.1, 0.15) is 10.7 Å². The van der Waals surface area contributed by atoms with E-state index in [4.69, 9.17) is 25.3 Å². The minimum atomic E-state index is -4.44. The fourth-order valence-corrected chi connectivity index (χ4v) is 3.08. The quantitative estimate of drug-likeness (QED) is 0.763. The van der Waals surface area contributed by atoms with Gasteiger partial charge < -0.3 is 13.7 Å². The Hall–Kier alpha value is -1.99. The molecule has 8 heteroatoms. The minimum Gasteiger partial charge on any atom is -0.493 e. The first-order valence-corrected chi connectivity index (χ1v) is 8.19. The molecule has 124 valence electrons. The Labute approximate surface area is 138 Å². The van der Waals surface area contributed by atoms with E-state index in [2.05, 4.69) is 0 Å². The third kappa shape index (κ3) is 3.68. The van der Waals surface area contributed by atoms with Crippen LogP contribution in [0.3, 0.4) is 0 Å². The van der Waals surface area contributed by atoms with Gasteiger partial charge in [-0.05, 0) is 24.6 Å². The van der Waals surface area contributed by atoms with Crippen LogP contribution in [0.5, 0.6) is 17.2 Å². The first kappa shape index (κ1) is 17.4. The molecule has 0 aliphatic rings. The van der Waals surface area contributed by atoms with Crippen molar-refractivity contribution in [1.29, 1.82) is 0 Å². The van der Waals surface area contributed by atoms with E-state index < -0.39 is 20.8 Å². The van der Waals surface area contributed by atoms with Gasteiger partial charge in [0, 0.05) is 12.1 Å². The maximum absolute atomic E-state index is 14.1. The molecule has 2 aromatic rings. The van der Waals surface area contributed by atoms with Gasteiger partial charge in [0.25, 0.3) is 0 Å². The lowest BCUT2D eigenvalue weighted by atomic mass is 10.2. The smallest absolute Gasteiger partial charge is 0.342 e. The van der Waals surface area contributed by atoms with Crippen molar-refractivity contribution in [2.45, 2.75) is 11.8 Å². The van der Waals surface area contributed by atoms with Crippen LogP contribution in [0.15, 0.2) is 35.2 Å². The summed E-state index contributed by atoms with van der Waals surface area (Å²) in [5, 5.41) is 0.0973. The molecule has 2 rings (SSSR count). The second-order valence-corrected chi connectivity index (χ2v) is 6.53. The molecule has 0 aromatic heterocycles. The number of hydrogen-bond donors (Lipinski definition) is 0. The molecule has 0 spiro atoms. The number of ether oxygens (including phenoxy) is 2. The fourth-order valence-electron chi connectivity index (χ4n) is 1.86. The summed E-state index contributed by atoms with van der Waals surface area (Å²) >= 11 is 5.91. The molecule has 0 atom stereocenters. The molecule has 0 saturated heterocycles. The summed E-state index contributed by atoms with van der Waals surface area (Å²) in [7, 11) is -1.81. The molecule has 2 aromatic carbocycles. The third-order valence-corrected chi connectivity index (χ3v) is 4.56. The second kappa shape index (κ2) is 6.64. The monoisotopic (exact) mass is 360 g/mol. The fraction of sp³-hybridized carbons (Fsp3) is 0.200. The van der Waals surface area contributed by atoms with Crippen LogP contribution in [0, 0.1) is 12.7 Å². The molecule has 0 heterocycles. The Balaban J connectivity index is 2.49. The van der Waals surface area contributed by atoms with Crippen LogP contribution in [0.2, 0.25) is 5.02 Å². The summed E-state index contributed by atoms with van der Waals surface area (Å²) in [4.78, 5) is -0.673. The van der Waals surface area contributed by atoms with Crippen LogP contribution in [0.1, 0.15) is 5.56 Å². The lowest BCUT2D eigenvalue weighted by Gasteiger charge is -2.13. The number of methoxy groups -OCH3 is 2. The SMILES string of the molecule is COc1cc(F)c(S(=O)(=O)Oc2cc(C)ccc2Cl)cc1OC. The van der Waals surface area contributed by atoms with Crippen LogP contribution in [0.25, 0.3) is 0 Å². The van der Waals surface area contributed by atoms with Gasteiger partial charge in [-0.1, -0.05) is 17.7 Å². The Kier molecular flexibility index (Phi) is 5.01. The molecule has 0 radical (unpaired) electrons. The number of benzene rings is 2. The van der Waals surface area contributed by atoms with E-state index in [1.807, 2.05) is 0 Å².